The fourth-order valence-electron chi connectivity index (χ4n) is 2.32. The van der Waals surface area contributed by atoms with E-state index in [0.29, 0.717) is 17.9 Å². The fourth-order valence-corrected chi connectivity index (χ4v) is 2.32. The molecule has 0 spiro atoms. The SMILES string of the molecule is C[C@]1(C#N)OC(n2ccc3c(N)ncnc32)CC1O. The van der Waals surface area contributed by atoms with Crippen molar-refractivity contribution in [1.29, 1.82) is 5.26 Å². The second-order valence-corrected chi connectivity index (χ2v) is 4.76. The van der Waals surface area contributed by atoms with Crippen LogP contribution in [0.25, 0.3) is 11.0 Å². The molecule has 0 saturated carbocycles. The van der Waals surface area contributed by atoms with E-state index in [0.717, 1.165) is 5.39 Å². The summed E-state index contributed by atoms with van der Waals surface area (Å²) >= 11 is 0. The number of aliphatic hydroxyl groups is 1. The van der Waals surface area contributed by atoms with Gasteiger partial charge in [-0.05, 0) is 13.0 Å². The highest BCUT2D eigenvalue weighted by Gasteiger charge is 2.45. The molecular weight excluding hydrogens is 246 g/mol. The topological polar surface area (TPSA) is 110 Å². The van der Waals surface area contributed by atoms with Crippen molar-refractivity contribution >= 4 is 16.9 Å². The molecular formula is C12H13N5O2. The molecule has 3 atom stereocenters. The molecule has 2 unspecified atom stereocenters. The van der Waals surface area contributed by atoms with Crippen molar-refractivity contribution in [2.45, 2.75) is 31.3 Å². The maximum atomic E-state index is 9.93. The van der Waals surface area contributed by atoms with Crippen molar-refractivity contribution in [1.82, 2.24) is 14.5 Å². The second-order valence-electron chi connectivity index (χ2n) is 4.76. The van der Waals surface area contributed by atoms with E-state index in [2.05, 4.69) is 9.97 Å². The largest absolute Gasteiger partial charge is 0.389 e. The Balaban J connectivity index is 2.04. The minimum absolute atomic E-state index is 0.331. The summed E-state index contributed by atoms with van der Waals surface area (Å²) in [5.41, 5.74) is 5.20. The van der Waals surface area contributed by atoms with Crippen LogP contribution in [0.15, 0.2) is 18.6 Å². The molecule has 0 radical (unpaired) electrons. The van der Waals surface area contributed by atoms with Crippen molar-refractivity contribution in [3.05, 3.63) is 18.6 Å². The van der Waals surface area contributed by atoms with Gasteiger partial charge in [-0.15, -0.1) is 0 Å². The predicted molar refractivity (Wildman–Crippen MR) is 66.7 cm³/mol. The van der Waals surface area contributed by atoms with Crippen molar-refractivity contribution in [3.8, 4) is 6.07 Å². The first-order valence-electron chi connectivity index (χ1n) is 5.89. The number of nitrogen functional groups attached to an aromatic ring is 1. The average molecular weight is 259 g/mol. The molecule has 1 saturated heterocycles. The van der Waals surface area contributed by atoms with Gasteiger partial charge in [-0.3, -0.25) is 0 Å². The molecule has 98 valence electrons. The molecule has 1 aliphatic heterocycles. The summed E-state index contributed by atoms with van der Waals surface area (Å²) in [6, 6.07) is 3.79. The number of anilines is 1. The van der Waals surface area contributed by atoms with E-state index < -0.39 is 17.9 Å². The lowest BCUT2D eigenvalue weighted by atomic mass is 10.0. The molecule has 0 aliphatic carbocycles. The molecule has 3 N–H and O–H groups in total. The molecule has 1 fully saturated rings. The normalized spacial score (nSPS) is 30.6. The Hall–Kier alpha value is -2.17. The van der Waals surface area contributed by atoms with Crippen LogP contribution < -0.4 is 5.73 Å². The van der Waals surface area contributed by atoms with E-state index in [4.69, 9.17) is 15.7 Å². The summed E-state index contributed by atoms with van der Waals surface area (Å²) in [6.45, 7) is 1.58. The number of rotatable bonds is 1. The highest BCUT2D eigenvalue weighted by molar-refractivity contribution is 5.86. The summed E-state index contributed by atoms with van der Waals surface area (Å²) in [5, 5.41) is 19.7. The Bertz CT molecular complexity index is 676. The zero-order valence-corrected chi connectivity index (χ0v) is 10.3. The number of aromatic nitrogens is 3. The molecule has 19 heavy (non-hydrogen) atoms. The number of hydrogen-bond donors (Lipinski definition) is 2. The number of nitriles is 1. The minimum Gasteiger partial charge on any atom is -0.389 e. The number of ether oxygens (including phenoxy) is 1. The van der Waals surface area contributed by atoms with Crippen LogP contribution in [0.5, 0.6) is 0 Å². The second kappa shape index (κ2) is 3.91. The van der Waals surface area contributed by atoms with Gasteiger partial charge in [-0.25, -0.2) is 9.97 Å². The Kier molecular flexibility index (Phi) is 2.45. The number of aliphatic hydroxyl groups excluding tert-OH is 1. The molecule has 2 aromatic rings. The van der Waals surface area contributed by atoms with Gasteiger partial charge < -0.3 is 20.1 Å². The van der Waals surface area contributed by atoms with E-state index in [9.17, 15) is 5.11 Å². The van der Waals surface area contributed by atoms with Crippen molar-refractivity contribution in [3.63, 3.8) is 0 Å². The fraction of sp³-hybridized carbons (Fsp3) is 0.417. The maximum absolute atomic E-state index is 9.93. The quantitative estimate of drug-likeness (QED) is 0.775. The molecule has 0 amide bonds. The standard InChI is InChI=1S/C12H13N5O2/c1-12(5-13)8(18)4-9(19-12)17-3-2-7-10(14)15-6-16-11(7)17/h2-3,6,8-9,18H,4H2,1H3,(H2,14,15,16)/t8?,9?,12-/m1/s1. The first-order chi connectivity index (χ1) is 9.05. The smallest absolute Gasteiger partial charge is 0.179 e. The maximum Gasteiger partial charge on any atom is 0.179 e. The number of nitrogens with two attached hydrogens (primary N) is 1. The Morgan fingerprint density at radius 2 is 2.42 bits per heavy atom. The van der Waals surface area contributed by atoms with Gasteiger partial charge in [0.2, 0.25) is 0 Å². The average Bonchev–Trinajstić information content (AvgIpc) is 2.94. The lowest BCUT2D eigenvalue weighted by molar-refractivity contribution is -0.0525. The monoisotopic (exact) mass is 259 g/mol. The highest BCUT2D eigenvalue weighted by Crippen LogP contribution is 2.37. The Morgan fingerprint density at radius 1 is 1.63 bits per heavy atom. The van der Waals surface area contributed by atoms with Gasteiger partial charge in [0.25, 0.3) is 0 Å². The number of hydrogen-bond acceptors (Lipinski definition) is 6. The third-order valence-electron chi connectivity index (χ3n) is 3.51. The van der Waals surface area contributed by atoms with Crippen molar-refractivity contribution in [2.24, 2.45) is 0 Å². The number of nitrogens with zero attached hydrogens (tertiary/aromatic N) is 4. The van der Waals surface area contributed by atoms with Crippen LogP contribution in [0.4, 0.5) is 5.82 Å². The summed E-state index contributed by atoms with van der Waals surface area (Å²) in [4.78, 5) is 8.09. The lowest BCUT2D eigenvalue weighted by Crippen LogP contribution is -2.33. The first kappa shape index (κ1) is 11.9. The van der Waals surface area contributed by atoms with E-state index in [1.54, 1.807) is 23.8 Å². The van der Waals surface area contributed by atoms with Crippen LogP contribution in [-0.2, 0) is 4.74 Å². The van der Waals surface area contributed by atoms with Gasteiger partial charge in [-0.1, -0.05) is 0 Å². The van der Waals surface area contributed by atoms with Crippen LogP contribution in [0.2, 0.25) is 0 Å². The Morgan fingerprint density at radius 3 is 3.11 bits per heavy atom. The van der Waals surface area contributed by atoms with Gasteiger partial charge in [0.05, 0.1) is 5.39 Å². The third kappa shape index (κ3) is 1.65. The van der Waals surface area contributed by atoms with Gasteiger partial charge >= 0.3 is 0 Å². The summed E-state index contributed by atoms with van der Waals surface area (Å²) in [7, 11) is 0. The first-order valence-corrected chi connectivity index (χ1v) is 5.89. The molecule has 3 heterocycles. The van der Waals surface area contributed by atoms with E-state index in [-0.39, 0.29) is 0 Å². The van der Waals surface area contributed by atoms with Gasteiger partial charge in [-0.2, -0.15) is 5.26 Å². The Labute approximate surface area is 109 Å². The minimum atomic E-state index is -1.19. The molecule has 0 aromatic carbocycles. The third-order valence-corrected chi connectivity index (χ3v) is 3.51. The predicted octanol–water partition coefficient (Wildman–Crippen LogP) is 0.576. The summed E-state index contributed by atoms with van der Waals surface area (Å²) in [6.07, 6.45) is 2.21. The van der Waals surface area contributed by atoms with Crippen LogP contribution in [0.1, 0.15) is 19.6 Å². The van der Waals surface area contributed by atoms with Crippen LogP contribution in [0.3, 0.4) is 0 Å². The van der Waals surface area contributed by atoms with Crippen LogP contribution in [0, 0.1) is 11.3 Å². The van der Waals surface area contributed by atoms with Crippen LogP contribution in [-0.4, -0.2) is 31.3 Å². The van der Waals surface area contributed by atoms with E-state index in [1.165, 1.54) is 6.33 Å². The molecule has 7 heteroatoms. The van der Waals surface area contributed by atoms with E-state index in [1.807, 2.05) is 6.07 Å². The molecule has 0 bridgehead atoms. The summed E-state index contributed by atoms with van der Waals surface area (Å²) in [5.74, 6) is 0.394. The molecule has 2 aromatic heterocycles. The van der Waals surface area contributed by atoms with E-state index >= 15 is 0 Å². The molecule has 3 rings (SSSR count). The van der Waals surface area contributed by atoms with Gasteiger partial charge in [0.15, 0.2) is 5.60 Å². The van der Waals surface area contributed by atoms with Gasteiger partial charge in [0.1, 0.15) is 36.2 Å². The number of fused-ring (bicyclic) bond motifs is 1. The van der Waals surface area contributed by atoms with Crippen LogP contribution >= 0.6 is 0 Å². The van der Waals surface area contributed by atoms with Gasteiger partial charge in [0, 0.05) is 12.6 Å². The summed E-state index contributed by atoms with van der Waals surface area (Å²) < 4.78 is 7.42. The zero-order valence-electron chi connectivity index (χ0n) is 10.3. The molecule has 1 aliphatic rings. The lowest BCUT2D eigenvalue weighted by Gasteiger charge is -2.19. The van der Waals surface area contributed by atoms with Crippen molar-refractivity contribution in [2.75, 3.05) is 5.73 Å². The highest BCUT2D eigenvalue weighted by atomic mass is 16.5. The molecule has 7 nitrogen and oxygen atoms in total. The van der Waals surface area contributed by atoms with Crippen molar-refractivity contribution < 1.29 is 9.84 Å². The zero-order chi connectivity index (χ0) is 13.6.